The highest BCUT2D eigenvalue weighted by atomic mass is 32.2. The molecule has 8 heteroatoms. The van der Waals surface area contributed by atoms with Crippen LogP contribution in [0.25, 0.3) is 6.08 Å². The maximum atomic E-state index is 13.0. The smallest absolute Gasteiger partial charge is 0.267 e. The Kier molecular flexibility index (Phi) is 5.76. The van der Waals surface area contributed by atoms with E-state index in [0.29, 0.717) is 27.0 Å². The van der Waals surface area contributed by atoms with Gasteiger partial charge in [0.05, 0.1) is 23.9 Å². The molecule has 30 heavy (non-hydrogen) atoms. The van der Waals surface area contributed by atoms with Crippen molar-refractivity contribution in [1.29, 1.82) is 0 Å². The number of amides is 1. The highest BCUT2D eigenvalue weighted by molar-refractivity contribution is 8.18. The fourth-order valence-corrected chi connectivity index (χ4v) is 3.65. The van der Waals surface area contributed by atoms with Crippen molar-refractivity contribution in [3.05, 3.63) is 94.5 Å². The first kappa shape index (κ1) is 19.7. The van der Waals surface area contributed by atoms with Crippen molar-refractivity contribution < 1.29 is 18.7 Å². The predicted molar refractivity (Wildman–Crippen MR) is 114 cm³/mol. The Morgan fingerprint density at radius 1 is 1.10 bits per heavy atom. The molecule has 1 aliphatic heterocycles. The summed E-state index contributed by atoms with van der Waals surface area (Å²) in [6, 6.07) is 16.1. The van der Waals surface area contributed by atoms with Gasteiger partial charge in [-0.05, 0) is 53.7 Å². The quantitative estimate of drug-likeness (QED) is 0.370. The Morgan fingerprint density at radius 2 is 1.90 bits per heavy atom. The highest BCUT2D eigenvalue weighted by Gasteiger charge is 2.34. The molecule has 0 bridgehead atoms. The number of halogens is 1. The molecule has 1 amide bonds. The van der Waals surface area contributed by atoms with E-state index in [1.54, 1.807) is 54.6 Å². The lowest BCUT2D eigenvalue weighted by molar-refractivity contribution is -0.122. The predicted octanol–water partition coefficient (Wildman–Crippen LogP) is 4.63. The number of amidine groups is 1. The molecule has 0 unspecified atom stereocenters. The van der Waals surface area contributed by atoms with Crippen molar-refractivity contribution in [2.75, 3.05) is 0 Å². The van der Waals surface area contributed by atoms with Gasteiger partial charge in [-0.15, -0.1) is 5.10 Å². The monoisotopic (exact) mass is 421 g/mol. The fraction of sp³-hybridized carbons (Fsp3) is 0.0455. The summed E-state index contributed by atoms with van der Waals surface area (Å²) in [6.45, 7) is 0.196. The molecule has 4 rings (SSSR count). The number of phenols is 1. The highest BCUT2D eigenvalue weighted by Crippen LogP contribution is 2.35. The summed E-state index contributed by atoms with van der Waals surface area (Å²) in [7, 11) is 0. The van der Waals surface area contributed by atoms with Gasteiger partial charge in [0, 0.05) is 5.56 Å². The third-order valence-corrected chi connectivity index (χ3v) is 5.22. The summed E-state index contributed by atoms with van der Waals surface area (Å²) in [6.07, 6.45) is 4.63. The van der Waals surface area contributed by atoms with Gasteiger partial charge in [-0.2, -0.15) is 5.10 Å². The SMILES string of the molecule is O=C1/C(=C/c2ccccc2O)S/C(=N\N=C\c2ccc(F)cc2)N1Cc1ccco1. The van der Waals surface area contributed by atoms with Gasteiger partial charge in [0.25, 0.3) is 5.91 Å². The van der Waals surface area contributed by atoms with Crippen molar-refractivity contribution in [2.24, 2.45) is 10.2 Å². The van der Waals surface area contributed by atoms with E-state index >= 15 is 0 Å². The normalized spacial score (nSPS) is 17.0. The molecule has 0 atom stereocenters. The fourth-order valence-electron chi connectivity index (χ4n) is 2.72. The molecule has 150 valence electrons. The minimum absolute atomic E-state index is 0.0794. The van der Waals surface area contributed by atoms with Crippen molar-refractivity contribution >= 4 is 35.1 Å². The van der Waals surface area contributed by atoms with Crippen LogP contribution in [0.4, 0.5) is 4.39 Å². The number of para-hydroxylation sites is 1. The maximum Gasteiger partial charge on any atom is 0.267 e. The van der Waals surface area contributed by atoms with E-state index in [4.69, 9.17) is 4.42 Å². The molecule has 1 saturated heterocycles. The number of furan rings is 1. The van der Waals surface area contributed by atoms with Gasteiger partial charge < -0.3 is 9.52 Å². The van der Waals surface area contributed by atoms with Crippen LogP contribution in [0, 0.1) is 5.82 Å². The molecule has 1 aromatic heterocycles. The Morgan fingerprint density at radius 3 is 2.63 bits per heavy atom. The number of carbonyl (C=O) groups excluding carboxylic acids is 1. The van der Waals surface area contributed by atoms with Crippen LogP contribution in [-0.4, -0.2) is 27.3 Å². The van der Waals surface area contributed by atoms with Gasteiger partial charge in [0.2, 0.25) is 0 Å². The second kappa shape index (κ2) is 8.79. The van der Waals surface area contributed by atoms with Crippen LogP contribution in [0.5, 0.6) is 5.75 Å². The van der Waals surface area contributed by atoms with Crippen molar-refractivity contribution in [3.63, 3.8) is 0 Å². The first-order chi connectivity index (χ1) is 14.6. The summed E-state index contributed by atoms with van der Waals surface area (Å²) < 4.78 is 18.4. The van der Waals surface area contributed by atoms with E-state index in [-0.39, 0.29) is 24.0 Å². The number of hydrogen-bond donors (Lipinski definition) is 1. The number of aromatic hydroxyl groups is 1. The lowest BCUT2D eigenvalue weighted by Crippen LogP contribution is -2.28. The summed E-state index contributed by atoms with van der Waals surface area (Å²) in [5, 5.41) is 18.6. The molecule has 0 spiro atoms. The van der Waals surface area contributed by atoms with Crippen LogP contribution >= 0.6 is 11.8 Å². The van der Waals surface area contributed by atoms with E-state index < -0.39 is 0 Å². The second-order valence-corrected chi connectivity index (χ2v) is 7.33. The Balaban J connectivity index is 1.63. The Hall–Kier alpha value is -3.65. The van der Waals surface area contributed by atoms with Gasteiger partial charge >= 0.3 is 0 Å². The van der Waals surface area contributed by atoms with E-state index in [2.05, 4.69) is 10.2 Å². The Labute approximate surface area is 176 Å². The van der Waals surface area contributed by atoms with E-state index in [0.717, 1.165) is 11.8 Å². The third-order valence-electron chi connectivity index (χ3n) is 4.23. The molecule has 2 aromatic carbocycles. The average Bonchev–Trinajstić information content (AvgIpc) is 3.35. The summed E-state index contributed by atoms with van der Waals surface area (Å²) >= 11 is 1.15. The largest absolute Gasteiger partial charge is 0.507 e. The molecule has 0 saturated carbocycles. The van der Waals surface area contributed by atoms with Crippen LogP contribution in [0.2, 0.25) is 0 Å². The van der Waals surface area contributed by atoms with Crippen LogP contribution in [0.1, 0.15) is 16.9 Å². The molecule has 1 N–H and O–H groups in total. The van der Waals surface area contributed by atoms with Gasteiger partial charge in [-0.3, -0.25) is 9.69 Å². The molecule has 3 aromatic rings. The number of phenolic OH excluding ortho intramolecular Hbond substituents is 1. The second-order valence-electron chi connectivity index (χ2n) is 6.32. The Bertz CT molecular complexity index is 1140. The number of rotatable bonds is 5. The maximum absolute atomic E-state index is 13.0. The van der Waals surface area contributed by atoms with Gasteiger partial charge in [-0.1, -0.05) is 30.3 Å². The molecule has 2 heterocycles. The van der Waals surface area contributed by atoms with Crippen LogP contribution < -0.4 is 0 Å². The van der Waals surface area contributed by atoms with E-state index in [1.165, 1.54) is 29.5 Å². The zero-order chi connectivity index (χ0) is 20.9. The summed E-state index contributed by atoms with van der Waals surface area (Å²) in [5.41, 5.74) is 1.21. The van der Waals surface area contributed by atoms with Crippen molar-refractivity contribution in [1.82, 2.24) is 4.90 Å². The average molecular weight is 421 g/mol. The summed E-state index contributed by atoms with van der Waals surface area (Å²) in [4.78, 5) is 14.8. The first-order valence-electron chi connectivity index (χ1n) is 8.98. The van der Waals surface area contributed by atoms with Crippen LogP contribution in [0.15, 0.2) is 86.5 Å². The topological polar surface area (TPSA) is 78.4 Å². The number of nitrogens with zero attached hydrogens (tertiary/aromatic N) is 3. The molecule has 1 fully saturated rings. The number of carbonyl (C=O) groups is 1. The zero-order valence-corrected chi connectivity index (χ0v) is 16.4. The molecular formula is C22H16FN3O3S. The molecular weight excluding hydrogens is 405 g/mol. The minimum atomic E-state index is -0.334. The van der Waals surface area contributed by atoms with Crippen LogP contribution in [0.3, 0.4) is 0 Å². The van der Waals surface area contributed by atoms with E-state index in [1.807, 2.05) is 0 Å². The summed E-state index contributed by atoms with van der Waals surface area (Å²) in [5.74, 6) is 0.0769. The number of hydrogen-bond acceptors (Lipinski definition) is 6. The van der Waals surface area contributed by atoms with Crippen molar-refractivity contribution in [3.8, 4) is 5.75 Å². The molecule has 0 aliphatic carbocycles. The third kappa shape index (κ3) is 4.49. The number of thioether (sulfide) groups is 1. The minimum Gasteiger partial charge on any atom is -0.507 e. The van der Waals surface area contributed by atoms with Gasteiger partial charge in [0.1, 0.15) is 17.3 Å². The van der Waals surface area contributed by atoms with Crippen LogP contribution in [-0.2, 0) is 11.3 Å². The van der Waals surface area contributed by atoms with Gasteiger partial charge in [0.15, 0.2) is 5.17 Å². The first-order valence-corrected chi connectivity index (χ1v) is 9.80. The molecule has 1 aliphatic rings. The zero-order valence-electron chi connectivity index (χ0n) is 15.6. The lowest BCUT2D eigenvalue weighted by Gasteiger charge is -2.12. The lowest BCUT2D eigenvalue weighted by atomic mass is 10.2. The van der Waals surface area contributed by atoms with E-state index in [9.17, 15) is 14.3 Å². The van der Waals surface area contributed by atoms with Crippen molar-refractivity contribution in [2.45, 2.75) is 6.54 Å². The number of benzene rings is 2. The van der Waals surface area contributed by atoms with Gasteiger partial charge in [-0.25, -0.2) is 4.39 Å². The molecule has 0 radical (unpaired) electrons. The standard InChI is InChI=1S/C22H16FN3O3S/c23-17-9-7-15(8-10-17)13-24-25-22-26(14-18-5-3-11-29-18)21(28)20(30-22)12-16-4-1-2-6-19(16)27/h1-13,27H,14H2/b20-12-,24-13+,25-22-. The molecule has 6 nitrogen and oxygen atoms in total.